The van der Waals surface area contributed by atoms with Crippen molar-refractivity contribution in [2.45, 2.75) is 44.6 Å². The van der Waals surface area contributed by atoms with Gasteiger partial charge in [-0.05, 0) is 112 Å². The molecule has 1 atom stereocenters. The number of carbonyl (C=O) groups excluding carboxylic acids is 2. The largest absolute Gasteiger partial charge is 0.478 e. The topological polar surface area (TPSA) is 151 Å². The molecule has 1 saturated carbocycles. The van der Waals surface area contributed by atoms with Crippen LogP contribution < -0.4 is 21.1 Å². The summed E-state index contributed by atoms with van der Waals surface area (Å²) >= 11 is 5.87. The zero-order chi connectivity index (χ0) is 33.2. The van der Waals surface area contributed by atoms with E-state index < -0.39 is 6.04 Å². The second-order valence-corrected chi connectivity index (χ2v) is 12.7. The minimum Gasteiger partial charge on any atom is -0.478 e. The van der Waals surface area contributed by atoms with Crippen LogP contribution in [-0.2, 0) is 16.0 Å². The summed E-state index contributed by atoms with van der Waals surface area (Å²) in [6, 6.07) is 18.2. The molecular formula is C35H43ClN8O3. The maximum atomic E-state index is 13.7. The van der Waals surface area contributed by atoms with E-state index in [1.165, 1.54) is 0 Å². The predicted molar refractivity (Wildman–Crippen MR) is 184 cm³/mol. The summed E-state index contributed by atoms with van der Waals surface area (Å²) in [6.07, 6.45) is 6.41. The number of pyridine rings is 1. The summed E-state index contributed by atoms with van der Waals surface area (Å²) in [4.78, 5) is 37.9. The molecule has 248 valence electrons. The fourth-order valence-electron chi connectivity index (χ4n) is 5.77. The third-order valence-electron chi connectivity index (χ3n) is 8.49. The van der Waals surface area contributed by atoms with E-state index in [0.29, 0.717) is 42.9 Å². The predicted octanol–water partition coefficient (Wildman–Crippen LogP) is 4.95. The standard InChI is InChI=1S/C35H43ClN8O3/c1-44(2)17-4-18-47-31-16-13-28(22-38-31)27-6-3-5-24(19-27)20-30(40-33(45)26-9-7-23(21-37)8-10-26)34(46)39-29-14-11-25(12-15-29)32-41-35(36)43-42-32/h3,5-6,11-16,19,22-23,26,30H,4,7-10,17-18,20-21,37H2,1-2H3,(H,39,46)(H,40,45)(H,41,42,43). The van der Waals surface area contributed by atoms with E-state index in [1.807, 2.05) is 50.5 Å². The van der Waals surface area contributed by atoms with Crippen molar-refractivity contribution < 1.29 is 14.3 Å². The van der Waals surface area contributed by atoms with Gasteiger partial charge in [-0.3, -0.25) is 9.59 Å². The van der Waals surface area contributed by atoms with Crippen LogP contribution in [-0.4, -0.2) is 76.7 Å². The van der Waals surface area contributed by atoms with Crippen LogP contribution in [0.1, 0.15) is 37.7 Å². The lowest BCUT2D eigenvalue weighted by molar-refractivity contribution is -0.130. The number of carbonyl (C=O) groups is 2. The van der Waals surface area contributed by atoms with Crippen molar-refractivity contribution in [2.75, 3.05) is 39.1 Å². The molecule has 0 radical (unpaired) electrons. The first-order valence-corrected chi connectivity index (χ1v) is 16.5. The summed E-state index contributed by atoms with van der Waals surface area (Å²) in [5, 5.41) is 12.9. The van der Waals surface area contributed by atoms with Crippen LogP contribution in [0, 0.1) is 11.8 Å². The number of nitrogens with zero attached hydrogens (tertiary/aromatic N) is 4. The summed E-state index contributed by atoms with van der Waals surface area (Å²) in [5.74, 6) is 0.960. The van der Waals surface area contributed by atoms with Crippen molar-refractivity contribution >= 4 is 29.1 Å². The molecule has 2 aromatic heterocycles. The number of hydrogen-bond acceptors (Lipinski definition) is 8. The van der Waals surface area contributed by atoms with Gasteiger partial charge in [-0.15, -0.1) is 0 Å². The average molecular weight is 659 g/mol. The van der Waals surface area contributed by atoms with Crippen molar-refractivity contribution in [2.24, 2.45) is 17.6 Å². The average Bonchev–Trinajstić information content (AvgIpc) is 3.53. The van der Waals surface area contributed by atoms with Crippen molar-refractivity contribution in [3.8, 4) is 28.4 Å². The van der Waals surface area contributed by atoms with Crippen molar-refractivity contribution in [1.29, 1.82) is 0 Å². The second-order valence-electron chi connectivity index (χ2n) is 12.3. The monoisotopic (exact) mass is 658 g/mol. The van der Waals surface area contributed by atoms with E-state index >= 15 is 0 Å². The fourth-order valence-corrected chi connectivity index (χ4v) is 5.89. The normalized spacial score (nSPS) is 16.9. The molecule has 2 amide bonds. The highest BCUT2D eigenvalue weighted by Gasteiger charge is 2.29. The molecule has 2 heterocycles. The summed E-state index contributed by atoms with van der Waals surface area (Å²) in [5.41, 5.74) is 10.0. The van der Waals surface area contributed by atoms with Gasteiger partial charge < -0.3 is 26.0 Å². The Bertz CT molecular complexity index is 1600. The van der Waals surface area contributed by atoms with Gasteiger partial charge in [0.15, 0.2) is 5.82 Å². The quantitative estimate of drug-likeness (QED) is 0.139. The highest BCUT2D eigenvalue weighted by atomic mass is 35.5. The third kappa shape index (κ3) is 9.84. The van der Waals surface area contributed by atoms with Crippen LogP contribution in [0.15, 0.2) is 66.9 Å². The third-order valence-corrected chi connectivity index (χ3v) is 8.66. The van der Waals surface area contributed by atoms with Gasteiger partial charge >= 0.3 is 0 Å². The number of rotatable bonds is 14. The molecule has 1 aliphatic carbocycles. The minimum absolute atomic E-state index is 0.0982. The van der Waals surface area contributed by atoms with Gasteiger partial charge in [0.25, 0.3) is 0 Å². The van der Waals surface area contributed by atoms with Crippen molar-refractivity contribution in [3.63, 3.8) is 0 Å². The zero-order valence-electron chi connectivity index (χ0n) is 26.9. The van der Waals surface area contributed by atoms with Crippen LogP contribution >= 0.6 is 11.6 Å². The molecule has 0 aliphatic heterocycles. The number of halogens is 1. The number of hydrogen-bond donors (Lipinski definition) is 4. The van der Waals surface area contributed by atoms with E-state index in [4.69, 9.17) is 22.1 Å². The molecule has 0 spiro atoms. The molecule has 1 unspecified atom stereocenters. The number of nitrogens with one attached hydrogen (secondary N) is 3. The number of aromatic amines is 1. The number of nitrogens with two attached hydrogens (primary N) is 1. The molecule has 47 heavy (non-hydrogen) atoms. The summed E-state index contributed by atoms with van der Waals surface area (Å²) in [7, 11) is 4.07. The molecule has 0 bridgehead atoms. The van der Waals surface area contributed by atoms with Gasteiger partial charge in [0.05, 0.1) is 6.61 Å². The first-order chi connectivity index (χ1) is 22.8. The SMILES string of the molecule is CN(C)CCCOc1ccc(-c2cccc(CC(NC(=O)C3CCC(CN)CC3)C(=O)Nc3ccc(-c4n[nH]c(Cl)n4)cc3)c2)cn1. The maximum Gasteiger partial charge on any atom is 0.247 e. The lowest BCUT2D eigenvalue weighted by atomic mass is 9.81. The van der Waals surface area contributed by atoms with Gasteiger partial charge in [-0.25, -0.2) is 10.1 Å². The number of amides is 2. The number of aromatic nitrogens is 4. The van der Waals surface area contributed by atoms with E-state index in [1.54, 1.807) is 30.5 Å². The lowest BCUT2D eigenvalue weighted by Gasteiger charge is -2.28. The van der Waals surface area contributed by atoms with Crippen molar-refractivity contribution in [1.82, 2.24) is 30.4 Å². The van der Waals surface area contributed by atoms with Gasteiger partial charge in [0, 0.05) is 48.0 Å². The number of anilines is 1. The molecule has 4 aromatic rings. The molecule has 0 saturated heterocycles. The van der Waals surface area contributed by atoms with Gasteiger partial charge in [-0.2, -0.15) is 10.1 Å². The Morgan fingerprint density at radius 1 is 1.04 bits per heavy atom. The highest BCUT2D eigenvalue weighted by molar-refractivity contribution is 6.28. The first-order valence-electron chi connectivity index (χ1n) is 16.1. The maximum absolute atomic E-state index is 13.7. The number of H-pyrrole nitrogens is 1. The highest BCUT2D eigenvalue weighted by Crippen LogP contribution is 2.29. The van der Waals surface area contributed by atoms with E-state index in [-0.39, 0.29) is 23.0 Å². The van der Waals surface area contributed by atoms with E-state index in [2.05, 4.69) is 35.7 Å². The van der Waals surface area contributed by atoms with Crippen LogP contribution in [0.2, 0.25) is 5.28 Å². The molecule has 1 aliphatic rings. The fraction of sp³-hybridized carbons (Fsp3) is 0.400. The molecule has 5 rings (SSSR count). The molecular weight excluding hydrogens is 616 g/mol. The second kappa shape index (κ2) is 16.5. The van der Waals surface area contributed by atoms with Crippen LogP contribution in [0.5, 0.6) is 5.88 Å². The zero-order valence-corrected chi connectivity index (χ0v) is 27.7. The van der Waals surface area contributed by atoms with Crippen LogP contribution in [0.4, 0.5) is 5.69 Å². The lowest BCUT2D eigenvalue weighted by Crippen LogP contribution is -2.48. The Morgan fingerprint density at radius 2 is 1.81 bits per heavy atom. The molecule has 2 aromatic carbocycles. The molecule has 1 fully saturated rings. The van der Waals surface area contributed by atoms with Crippen LogP contribution in [0.25, 0.3) is 22.5 Å². The van der Waals surface area contributed by atoms with E-state index in [9.17, 15) is 9.59 Å². The van der Waals surface area contributed by atoms with Gasteiger partial charge in [0.1, 0.15) is 6.04 Å². The molecule has 12 heteroatoms. The molecule has 11 nitrogen and oxygen atoms in total. The van der Waals surface area contributed by atoms with E-state index in [0.717, 1.165) is 60.9 Å². The Labute approximate surface area is 280 Å². The van der Waals surface area contributed by atoms with Crippen molar-refractivity contribution in [3.05, 3.63) is 77.7 Å². The molecule has 5 N–H and O–H groups in total. The minimum atomic E-state index is -0.785. The Kier molecular flexibility index (Phi) is 11.9. The first kappa shape index (κ1) is 34.0. The summed E-state index contributed by atoms with van der Waals surface area (Å²) < 4.78 is 5.79. The van der Waals surface area contributed by atoms with Gasteiger partial charge in [0.2, 0.25) is 23.0 Å². The Balaban J connectivity index is 1.28. The smallest absolute Gasteiger partial charge is 0.247 e. The Morgan fingerprint density at radius 3 is 2.47 bits per heavy atom. The van der Waals surface area contributed by atoms with Crippen LogP contribution in [0.3, 0.4) is 0 Å². The summed E-state index contributed by atoms with van der Waals surface area (Å²) in [6.45, 7) is 2.19. The number of benzene rings is 2. The number of ether oxygens (including phenoxy) is 1. The van der Waals surface area contributed by atoms with Gasteiger partial charge in [-0.1, -0.05) is 24.3 Å². The Hall–Kier alpha value is -4.32.